The van der Waals surface area contributed by atoms with Crippen LogP contribution < -0.4 is 5.32 Å². The fourth-order valence-corrected chi connectivity index (χ4v) is 5.44. The van der Waals surface area contributed by atoms with E-state index in [2.05, 4.69) is 42.3 Å². The minimum absolute atomic E-state index is 0.0355. The standard InChI is InChI=1S/C25H30N2O/c1-17-23-14-20-10-11-21(26-24(28)19-6-4-3-5-7-19)15-22(20)25(17,2)12-13-27(23)16-18-8-9-18/h3-7,10-11,15,17-18,23H,8-9,12-14,16H2,1-2H3,(H,26,28)/t17?,23-,25-/m1/s1. The van der Waals surface area contributed by atoms with Gasteiger partial charge in [-0.15, -0.1) is 0 Å². The summed E-state index contributed by atoms with van der Waals surface area (Å²) in [5, 5.41) is 3.11. The molecule has 146 valence electrons. The van der Waals surface area contributed by atoms with Crippen LogP contribution in [0.1, 0.15) is 54.6 Å². The molecule has 3 aliphatic rings. The van der Waals surface area contributed by atoms with Gasteiger partial charge >= 0.3 is 0 Å². The first-order valence-corrected chi connectivity index (χ1v) is 10.8. The number of carbonyl (C=O) groups is 1. The molecule has 1 saturated heterocycles. The van der Waals surface area contributed by atoms with Crippen molar-refractivity contribution in [2.45, 2.75) is 51.0 Å². The molecule has 5 rings (SSSR count). The first kappa shape index (κ1) is 17.9. The fraction of sp³-hybridized carbons (Fsp3) is 0.480. The van der Waals surface area contributed by atoms with Crippen LogP contribution in [0.2, 0.25) is 0 Å². The lowest BCUT2D eigenvalue weighted by Gasteiger charge is -2.55. The van der Waals surface area contributed by atoms with Gasteiger partial charge in [0.1, 0.15) is 0 Å². The zero-order chi connectivity index (χ0) is 19.3. The number of carbonyl (C=O) groups excluding carboxylic acids is 1. The highest BCUT2D eigenvalue weighted by molar-refractivity contribution is 6.04. The summed E-state index contributed by atoms with van der Waals surface area (Å²) in [6.07, 6.45) is 5.21. The second-order valence-corrected chi connectivity index (χ2v) is 9.36. The quantitative estimate of drug-likeness (QED) is 0.828. The van der Waals surface area contributed by atoms with E-state index >= 15 is 0 Å². The van der Waals surface area contributed by atoms with Crippen molar-refractivity contribution >= 4 is 11.6 Å². The van der Waals surface area contributed by atoms with Gasteiger partial charge < -0.3 is 5.32 Å². The summed E-state index contributed by atoms with van der Waals surface area (Å²) in [5.74, 6) is 1.56. The Balaban J connectivity index is 1.41. The van der Waals surface area contributed by atoms with E-state index in [9.17, 15) is 4.79 Å². The highest BCUT2D eigenvalue weighted by Crippen LogP contribution is 2.49. The smallest absolute Gasteiger partial charge is 0.255 e. The molecule has 3 nitrogen and oxygen atoms in total. The summed E-state index contributed by atoms with van der Waals surface area (Å²) < 4.78 is 0. The van der Waals surface area contributed by atoms with Crippen LogP contribution in [-0.2, 0) is 11.8 Å². The summed E-state index contributed by atoms with van der Waals surface area (Å²) >= 11 is 0. The van der Waals surface area contributed by atoms with E-state index < -0.39 is 0 Å². The zero-order valence-electron chi connectivity index (χ0n) is 16.9. The molecule has 1 heterocycles. The van der Waals surface area contributed by atoms with Crippen LogP contribution in [-0.4, -0.2) is 29.9 Å². The van der Waals surface area contributed by atoms with Crippen molar-refractivity contribution in [2.75, 3.05) is 18.4 Å². The largest absolute Gasteiger partial charge is 0.322 e. The molecule has 2 aromatic carbocycles. The molecule has 28 heavy (non-hydrogen) atoms. The van der Waals surface area contributed by atoms with E-state index in [1.807, 2.05) is 30.3 Å². The van der Waals surface area contributed by atoms with E-state index in [1.165, 1.54) is 43.5 Å². The molecule has 1 amide bonds. The molecule has 1 unspecified atom stereocenters. The molecule has 2 fully saturated rings. The first-order chi connectivity index (χ1) is 13.5. The number of piperidine rings is 1. The first-order valence-electron chi connectivity index (χ1n) is 10.8. The van der Waals surface area contributed by atoms with Gasteiger partial charge in [0.2, 0.25) is 0 Å². The molecule has 3 atom stereocenters. The number of anilines is 1. The van der Waals surface area contributed by atoms with Crippen LogP contribution in [0.25, 0.3) is 0 Å². The highest BCUT2D eigenvalue weighted by Gasteiger charge is 2.49. The van der Waals surface area contributed by atoms with Crippen LogP contribution >= 0.6 is 0 Å². The Bertz CT molecular complexity index is 889. The molecule has 1 aliphatic heterocycles. The van der Waals surface area contributed by atoms with Crippen molar-refractivity contribution in [3.8, 4) is 0 Å². The van der Waals surface area contributed by atoms with Crippen molar-refractivity contribution in [1.82, 2.24) is 4.90 Å². The van der Waals surface area contributed by atoms with Gasteiger partial charge in [0, 0.05) is 23.8 Å². The Morgan fingerprint density at radius 2 is 1.96 bits per heavy atom. The van der Waals surface area contributed by atoms with Gasteiger partial charge in [-0.3, -0.25) is 9.69 Å². The van der Waals surface area contributed by atoms with Crippen molar-refractivity contribution < 1.29 is 4.79 Å². The number of likely N-dealkylation sites (tertiary alicyclic amines) is 1. The lowest BCUT2D eigenvalue weighted by molar-refractivity contribution is 0.0284. The molecule has 1 N–H and O–H groups in total. The van der Waals surface area contributed by atoms with E-state index in [1.54, 1.807) is 0 Å². The van der Waals surface area contributed by atoms with Crippen LogP contribution in [0.5, 0.6) is 0 Å². The number of hydrogen-bond donors (Lipinski definition) is 1. The third-order valence-electron chi connectivity index (χ3n) is 7.61. The number of amides is 1. The van der Waals surface area contributed by atoms with Gasteiger partial charge in [0.05, 0.1) is 0 Å². The third kappa shape index (κ3) is 3.06. The summed E-state index contributed by atoms with van der Waals surface area (Å²) in [7, 11) is 0. The van der Waals surface area contributed by atoms with Crippen LogP contribution in [0, 0.1) is 11.8 Å². The second kappa shape index (κ2) is 6.73. The van der Waals surface area contributed by atoms with Crippen molar-refractivity contribution in [1.29, 1.82) is 0 Å². The van der Waals surface area contributed by atoms with E-state index in [4.69, 9.17) is 0 Å². The molecule has 0 aromatic heterocycles. The number of fused-ring (bicyclic) bond motifs is 4. The SMILES string of the molecule is CC1[C@H]2Cc3ccc(NC(=O)c4ccccc4)cc3[C@]1(C)CCN2CC1CC1. The Morgan fingerprint density at radius 1 is 1.18 bits per heavy atom. The lowest BCUT2D eigenvalue weighted by Crippen LogP contribution is -2.58. The number of rotatable bonds is 4. The molecule has 2 aromatic rings. The number of nitrogens with zero attached hydrogens (tertiary/aromatic N) is 1. The summed E-state index contributed by atoms with van der Waals surface area (Å²) in [4.78, 5) is 15.4. The number of benzene rings is 2. The number of nitrogens with one attached hydrogen (secondary N) is 1. The van der Waals surface area contributed by atoms with Gasteiger partial charge in [-0.2, -0.15) is 0 Å². The highest BCUT2D eigenvalue weighted by atomic mass is 16.1. The zero-order valence-corrected chi connectivity index (χ0v) is 16.9. The van der Waals surface area contributed by atoms with Crippen molar-refractivity contribution in [3.63, 3.8) is 0 Å². The normalized spacial score (nSPS) is 29.2. The van der Waals surface area contributed by atoms with E-state index in [0.29, 0.717) is 17.5 Å². The monoisotopic (exact) mass is 374 g/mol. The average molecular weight is 375 g/mol. The van der Waals surface area contributed by atoms with Crippen LogP contribution in [0.3, 0.4) is 0 Å². The van der Waals surface area contributed by atoms with Crippen molar-refractivity contribution in [2.24, 2.45) is 11.8 Å². The summed E-state index contributed by atoms with van der Waals surface area (Å²) in [5.41, 5.74) is 4.75. The topological polar surface area (TPSA) is 32.3 Å². The minimum atomic E-state index is -0.0355. The van der Waals surface area contributed by atoms with Crippen LogP contribution in [0.4, 0.5) is 5.69 Å². The molecule has 1 saturated carbocycles. The molecular weight excluding hydrogens is 344 g/mol. The van der Waals surface area contributed by atoms with E-state index in [0.717, 1.165) is 18.0 Å². The average Bonchev–Trinajstić information content (AvgIpc) is 3.52. The third-order valence-corrected chi connectivity index (χ3v) is 7.61. The minimum Gasteiger partial charge on any atom is -0.322 e. The van der Waals surface area contributed by atoms with Gasteiger partial charge in [-0.25, -0.2) is 0 Å². The van der Waals surface area contributed by atoms with Gasteiger partial charge in [-0.05, 0) is 84.9 Å². The van der Waals surface area contributed by atoms with Crippen molar-refractivity contribution in [3.05, 3.63) is 65.2 Å². The Kier molecular flexibility index (Phi) is 4.31. The summed E-state index contributed by atoms with van der Waals surface area (Å²) in [6, 6.07) is 16.7. The molecule has 0 radical (unpaired) electrons. The molecule has 2 bridgehead atoms. The lowest BCUT2D eigenvalue weighted by atomic mass is 9.59. The second-order valence-electron chi connectivity index (χ2n) is 9.36. The maximum Gasteiger partial charge on any atom is 0.255 e. The Morgan fingerprint density at radius 3 is 2.71 bits per heavy atom. The molecule has 3 heteroatoms. The molecule has 0 spiro atoms. The predicted molar refractivity (Wildman–Crippen MR) is 114 cm³/mol. The Hall–Kier alpha value is -2.13. The maximum absolute atomic E-state index is 12.6. The van der Waals surface area contributed by atoms with Gasteiger partial charge in [-0.1, -0.05) is 38.1 Å². The molecular formula is C25H30N2O. The maximum atomic E-state index is 12.6. The van der Waals surface area contributed by atoms with E-state index in [-0.39, 0.29) is 11.3 Å². The summed E-state index contributed by atoms with van der Waals surface area (Å²) in [6.45, 7) is 7.40. The molecule has 2 aliphatic carbocycles. The predicted octanol–water partition coefficient (Wildman–Crippen LogP) is 4.87. The Labute approximate surface area is 168 Å². The van der Waals surface area contributed by atoms with Gasteiger partial charge in [0.25, 0.3) is 5.91 Å². The fourth-order valence-electron chi connectivity index (χ4n) is 5.44. The van der Waals surface area contributed by atoms with Gasteiger partial charge in [0.15, 0.2) is 0 Å². The number of hydrogen-bond acceptors (Lipinski definition) is 2. The van der Waals surface area contributed by atoms with Crippen LogP contribution in [0.15, 0.2) is 48.5 Å².